The molecule has 1 N–H and O–H groups in total. The van der Waals surface area contributed by atoms with Crippen molar-refractivity contribution in [3.8, 4) is 0 Å². The molecule has 1 aliphatic rings. The van der Waals surface area contributed by atoms with Gasteiger partial charge in [0.2, 0.25) is 0 Å². The van der Waals surface area contributed by atoms with Crippen molar-refractivity contribution in [3.05, 3.63) is 0 Å². The minimum absolute atomic E-state index is 0.168. The Kier molecular flexibility index (Phi) is 5.14. The van der Waals surface area contributed by atoms with E-state index in [-0.39, 0.29) is 12.6 Å². The maximum atomic E-state index is 12.1. The maximum absolute atomic E-state index is 12.1. The van der Waals surface area contributed by atoms with E-state index in [0.29, 0.717) is 0 Å². The molecule has 1 heterocycles. The maximum Gasteiger partial charge on any atom is 0.322 e. The molecule has 0 radical (unpaired) electrons. The lowest BCUT2D eigenvalue weighted by Crippen LogP contribution is -2.44. The molecule has 0 aromatic heterocycles. The first-order chi connectivity index (χ1) is 8.35. The van der Waals surface area contributed by atoms with Crippen molar-refractivity contribution in [2.75, 3.05) is 13.2 Å². The standard InChI is InChI=1S/C13H23NO4/c1-5-17-11(15)10(9-7-6-8-14-9)12(16)18-13(2,3)4/h9-10,14H,5-8H2,1-4H3/t9-,10-/m1/s1. The van der Waals surface area contributed by atoms with Gasteiger partial charge in [-0.3, -0.25) is 9.59 Å². The average molecular weight is 257 g/mol. The van der Waals surface area contributed by atoms with E-state index in [1.165, 1.54) is 0 Å². The van der Waals surface area contributed by atoms with Crippen LogP contribution < -0.4 is 5.32 Å². The van der Waals surface area contributed by atoms with Crippen molar-refractivity contribution in [1.82, 2.24) is 5.32 Å². The molecule has 0 spiro atoms. The van der Waals surface area contributed by atoms with Gasteiger partial charge in [0.05, 0.1) is 6.61 Å². The molecule has 0 aromatic rings. The first-order valence-electron chi connectivity index (χ1n) is 6.48. The number of rotatable bonds is 4. The van der Waals surface area contributed by atoms with E-state index in [0.717, 1.165) is 19.4 Å². The number of carbonyl (C=O) groups excluding carboxylic acids is 2. The fourth-order valence-electron chi connectivity index (χ4n) is 2.02. The monoisotopic (exact) mass is 257 g/mol. The van der Waals surface area contributed by atoms with Gasteiger partial charge in [-0.25, -0.2) is 0 Å². The Morgan fingerprint density at radius 2 is 2.00 bits per heavy atom. The second-order valence-corrected chi connectivity index (χ2v) is 5.47. The Morgan fingerprint density at radius 1 is 1.33 bits per heavy atom. The summed E-state index contributed by atoms with van der Waals surface area (Å²) in [6, 6.07) is -0.168. The number of nitrogens with one attached hydrogen (secondary N) is 1. The zero-order chi connectivity index (χ0) is 13.8. The Bertz CT molecular complexity index is 303. The molecule has 1 saturated heterocycles. The van der Waals surface area contributed by atoms with Crippen molar-refractivity contribution in [2.24, 2.45) is 5.92 Å². The Balaban J connectivity index is 2.76. The molecule has 1 fully saturated rings. The zero-order valence-corrected chi connectivity index (χ0v) is 11.6. The van der Waals surface area contributed by atoms with E-state index in [1.54, 1.807) is 27.7 Å². The van der Waals surface area contributed by atoms with Crippen LogP contribution in [0.2, 0.25) is 0 Å². The van der Waals surface area contributed by atoms with Crippen LogP contribution in [0.1, 0.15) is 40.5 Å². The summed E-state index contributed by atoms with van der Waals surface area (Å²) in [6.45, 7) is 8.18. The molecule has 0 unspecified atom stereocenters. The van der Waals surface area contributed by atoms with E-state index in [9.17, 15) is 9.59 Å². The normalized spacial score (nSPS) is 21.4. The van der Waals surface area contributed by atoms with Crippen LogP contribution in [-0.4, -0.2) is 36.7 Å². The van der Waals surface area contributed by atoms with Crippen LogP contribution >= 0.6 is 0 Å². The van der Waals surface area contributed by atoms with E-state index in [1.807, 2.05) is 0 Å². The number of carbonyl (C=O) groups is 2. The molecule has 18 heavy (non-hydrogen) atoms. The van der Waals surface area contributed by atoms with Crippen LogP contribution in [0.4, 0.5) is 0 Å². The largest absolute Gasteiger partial charge is 0.465 e. The topological polar surface area (TPSA) is 64.6 Å². The van der Waals surface area contributed by atoms with Crippen LogP contribution in [0, 0.1) is 5.92 Å². The molecule has 2 atom stereocenters. The lowest BCUT2D eigenvalue weighted by molar-refractivity contribution is -0.170. The summed E-state index contributed by atoms with van der Waals surface area (Å²) >= 11 is 0. The molecular weight excluding hydrogens is 234 g/mol. The minimum atomic E-state index is -0.855. The number of hydrogen-bond donors (Lipinski definition) is 1. The summed E-state index contributed by atoms with van der Waals surface area (Å²) in [6.07, 6.45) is 1.76. The van der Waals surface area contributed by atoms with Crippen molar-refractivity contribution in [2.45, 2.75) is 52.2 Å². The molecule has 5 heteroatoms. The first-order valence-corrected chi connectivity index (χ1v) is 6.48. The Morgan fingerprint density at radius 3 is 2.44 bits per heavy atom. The molecular formula is C13H23NO4. The molecule has 5 nitrogen and oxygen atoms in total. The summed E-state index contributed by atoms with van der Waals surface area (Å²) in [5.41, 5.74) is -0.597. The van der Waals surface area contributed by atoms with Gasteiger partial charge in [-0.2, -0.15) is 0 Å². The Hall–Kier alpha value is -1.10. The van der Waals surface area contributed by atoms with E-state index in [2.05, 4.69) is 5.32 Å². The third-order valence-electron chi connectivity index (χ3n) is 2.70. The van der Waals surface area contributed by atoms with Gasteiger partial charge in [-0.05, 0) is 47.1 Å². The van der Waals surface area contributed by atoms with E-state index in [4.69, 9.17) is 9.47 Å². The van der Waals surface area contributed by atoms with Crippen LogP contribution in [0.15, 0.2) is 0 Å². The van der Waals surface area contributed by atoms with E-state index < -0.39 is 23.5 Å². The van der Waals surface area contributed by atoms with Crippen LogP contribution in [-0.2, 0) is 19.1 Å². The number of esters is 2. The molecule has 0 saturated carbocycles. The van der Waals surface area contributed by atoms with Crippen LogP contribution in [0.5, 0.6) is 0 Å². The number of hydrogen-bond acceptors (Lipinski definition) is 5. The highest BCUT2D eigenvalue weighted by Crippen LogP contribution is 2.21. The van der Waals surface area contributed by atoms with Crippen molar-refractivity contribution in [1.29, 1.82) is 0 Å². The fourth-order valence-corrected chi connectivity index (χ4v) is 2.02. The van der Waals surface area contributed by atoms with Gasteiger partial charge < -0.3 is 14.8 Å². The second-order valence-electron chi connectivity index (χ2n) is 5.47. The minimum Gasteiger partial charge on any atom is -0.465 e. The van der Waals surface area contributed by atoms with E-state index >= 15 is 0 Å². The third kappa shape index (κ3) is 4.29. The molecule has 0 bridgehead atoms. The fraction of sp³-hybridized carbons (Fsp3) is 0.846. The molecule has 1 rings (SSSR count). The second kappa shape index (κ2) is 6.18. The van der Waals surface area contributed by atoms with Gasteiger partial charge in [0.25, 0.3) is 0 Å². The van der Waals surface area contributed by atoms with Gasteiger partial charge >= 0.3 is 11.9 Å². The summed E-state index contributed by atoms with van der Waals surface area (Å²) in [5.74, 6) is -1.85. The van der Waals surface area contributed by atoms with Crippen LogP contribution in [0.3, 0.4) is 0 Å². The molecule has 0 aromatic carbocycles. The number of ether oxygens (including phenoxy) is 2. The van der Waals surface area contributed by atoms with Gasteiger partial charge in [0, 0.05) is 6.04 Å². The highest BCUT2D eigenvalue weighted by atomic mass is 16.6. The molecule has 1 aliphatic heterocycles. The molecule has 104 valence electrons. The Labute approximate surface area is 108 Å². The SMILES string of the molecule is CCOC(=O)[C@H](C(=O)OC(C)(C)C)[C@H]1CCCN1. The predicted molar refractivity (Wildman–Crippen MR) is 67.0 cm³/mol. The van der Waals surface area contributed by atoms with Gasteiger partial charge in [0.15, 0.2) is 5.92 Å². The van der Waals surface area contributed by atoms with Gasteiger partial charge in [0.1, 0.15) is 5.60 Å². The summed E-state index contributed by atoms with van der Waals surface area (Å²) in [7, 11) is 0. The van der Waals surface area contributed by atoms with Crippen molar-refractivity contribution < 1.29 is 19.1 Å². The summed E-state index contributed by atoms with van der Waals surface area (Å²) in [4.78, 5) is 24.0. The van der Waals surface area contributed by atoms with Gasteiger partial charge in [-0.1, -0.05) is 0 Å². The van der Waals surface area contributed by atoms with Crippen LogP contribution in [0.25, 0.3) is 0 Å². The third-order valence-corrected chi connectivity index (χ3v) is 2.70. The highest BCUT2D eigenvalue weighted by molar-refractivity contribution is 5.96. The molecule has 0 aliphatic carbocycles. The van der Waals surface area contributed by atoms with Gasteiger partial charge in [-0.15, -0.1) is 0 Å². The summed E-state index contributed by atoms with van der Waals surface area (Å²) in [5, 5.41) is 3.16. The lowest BCUT2D eigenvalue weighted by atomic mass is 9.98. The van der Waals surface area contributed by atoms with Crippen molar-refractivity contribution in [3.63, 3.8) is 0 Å². The quantitative estimate of drug-likeness (QED) is 0.606. The smallest absolute Gasteiger partial charge is 0.322 e. The zero-order valence-electron chi connectivity index (χ0n) is 11.6. The lowest BCUT2D eigenvalue weighted by Gasteiger charge is -2.26. The van der Waals surface area contributed by atoms with Crippen molar-refractivity contribution >= 4 is 11.9 Å². The predicted octanol–water partition coefficient (Wildman–Crippen LogP) is 1.26. The first kappa shape index (κ1) is 15.0. The average Bonchev–Trinajstić information content (AvgIpc) is 2.68. The highest BCUT2D eigenvalue weighted by Gasteiger charge is 2.40. The molecule has 0 amide bonds. The summed E-state index contributed by atoms with van der Waals surface area (Å²) < 4.78 is 10.3.